The first-order valence-corrected chi connectivity index (χ1v) is 5.94. The van der Waals surface area contributed by atoms with Crippen molar-refractivity contribution < 1.29 is 0 Å². The highest BCUT2D eigenvalue weighted by atomic mass is 32.1. The fourth-order valence-electron chi connectivity index (χ4n) is 1.56. The Bertz CT molecular complexity index is 422. The van der Waals surface area contributed by atoms with E-state index < -0.39 is 0 Å². The number of hydrogen-bond acceptors (Lipinski definition) is 3. The van der Waals surface area contributed by atoms with Crippen LogP contribution in [-0.2, 0) is 6.42 Å². The molecule has 0 amide bonds. The van der Waals surface area contributed by atoms with Crippen molar-refractivity contribution in [1.29, 1.82) is 0 Å². The zero-order valence-electron chi connectivity index (χ0n) is 9.22. The molecule has 0 bridgehead atoms. The second kappa shape index (κ2) is 5.16. The van der Waals surface area contributed by atoms with Crippen molar-refractivity contribution in [2.24, 2.45) is 0 Å². The number of nitrogens with zero attached hydrogens (tertiary/aromatic N) is 2. The first kappa shape index (κ1) is 11.2. The zero-order chi connectivity index (χ0) is 11.4. The summed E-state index contributed by atoms with van der Waals surface area (Å²) in [5.41, 5.74) is 2.37. The molecule has 0 aliphatic carbocycles. The average molecular weight is 233 g/mol. The minimum atomic E-state index is 0.441. The molecular weight excluding hydrogens is 218 g/mol. The molecule has 0 spiro atoms. The summed E-state index contributed by atoms with van der Waals surface area (Å²) < 4.78 is 0. The number of H-pyrrole nitrogens is 1. The first-order valence-electron chi connectivity index (χ1n) is 5.42. The van der Waals surface area contributed by atoms with Crippen LogP contribution in [0.25, 0.3) is 11.4 Å². The van der Waals surface area contributed by atoms with Gasteiger partial charge in [0, 0.05) is 10.8 Å². The SMILES string of the molecule is CCC(S)Cc1ccc(-c2ncn[nH]2)cc1. The third-order valence-corrected chi connectivity index (χ3v) is 3.13. The van der Waals surface area contributed by atoms with Crippen molar-refractivity contribution in [3.8, 4) is 11.4 Å². The van der Waals surface area contributed by atoms with Crippen LogP contribution in [0.4, 0.5) is 0 Å². The number of hydrogen-bond donors (Lipinski definition) is 2. The van der Waals surface area contributed by atoms with E-state index in [1.165, 1.54) is 11.9 Å². The molecule has 1 heterocycles. The molecule has 1 N–H and O–H groups in total. The third kappa shape index (κ3) is 2.64. The summed E-state index contributed by atoms with van der Waals surface area (Å²) in [5.74, 6) is 0.810. The van der Waals surface area contributed by atoms with Gasteiger partial charge in [-0.25, -0.2) is 4.98 Å². The van der Waals surface area contributed by atoms with Crippen LogP contribution in [0, 0.1) is 0 Å². The summed E-state index contributed by atoms with van der Waals surface area (Å²) in [4.78, 5) is 4.11. The zero-order valence-corrected chi connectivity index (χ0v) is 10.1. The van der Waals surface area contributed by atoms with Crippen molar-refractivity contribution in [3.63, 3.8) is 0 Å². The maximum atomic E-state index is 4.50. The van der Waals surface area contributed by atoms with E-state index in [9.17, 15) is 0 Å². The molecule has 2 aromatic rings. The lowest BCUT2D eigenvalue weighted by molar-refractivity contribution is 0.822. The largest absolute Gasteiger partial charge is 0.259 e. The Kier molecular flexibility index (Phi) is 3.62. The molecule has 1 aromatic heterocycles. The second-order valence-corrected chi connectivity index (χ2v) is 4.53. The van der Waals surface area contributed by atoms with E-state index in [0.717, 1.165) is 24.2 Å². The second-order valence-electron chi connectivity index (χ2n) is 3.80. The van der Waals surface area contributed by atoms with Crippen LogP contribution in [-0.4, -0.2) is 20.4 Å². The van der Waals surface area contributed by atoms with Crippen molar-refractivity contribution in [2.75, 3.05) is 0 Å². The van der Waals surface area contributed by atoms with Gasteiger partial charge < -0.3 is 0 Å². The molecule has 84 valence electrons. The highest BCUT2D eigenvalue weighted by Crippen LogP contribution is 2.17. The van der Waals surface area contributed by atoms with Crippen LogP contribution < -0.4 is 0 Å². The molecule has 3 nitrogen and oxygen atoms in total. The summed E-state index contributed by atoms with van der Waals surface area (Å²) in [6, 6.07) is 8.37. The Balaban J connectivity index is 2.11. The standard InChI is InChI=1S/C12H15N3S/c1-2-11(16)7-9-3-5-10(6-4-9)12-13-8-14-15-12/h3-6,8,11,16H,2,7H2,1H3,(H,13,14,15). The topological polar surface area (TPSA) is 41.6 Å². The van der Waals surface area contributed by atoms with E-state index in [2.05, 4.69) is 59.0 Å². The molecule has 1 aromatic carbocycles. The van der Waals surface area contributed by atoms with Gasteiger partial charge in [-0.1, -0.05) is 31.2 Å². The number of aromatic nitrogens is 3. The quantitative estimate of drug-likeness (QED) is 0.797. The molecule has 2 rings (SSSR count). The summed E-state index contributed by atoms with van der Waals surface area (Å²) >= 11 is 4.50. The van der Waals surface area contributed by atoms with E-state index in [4.69, 9.17) is 0 Å². The number of nitrogens with one attached hydrogen (secondary N) is 1. The molecular formula is C12H15N3S. The Morgan fingerprint density at radius 3 is 2.62 bits per heavy atom. The van der Waals surface area contributed by atoms with E-state index >= 15 is 0 Å². The molecule has 0 saturated heterocycles. The van der Waals surface area contributed by atoms with Gasteiger partial charge in [-0.2, -0.15) is 17.7 Å². The van der Waals surface area contributed by atoms with E-state index in [0.29, 0.717) is 5.25 Å². The Labute approximate surface area is 101 Å². The van der Waals surface area contributed by atoms with Crippen LogP contribution in [0.3, 0.4) is 0 Å². The highest BCUT2D eigenvalue weighted by molar-refractivity contribution is 7.80. The average Bonchev–Trinajstić information content (AvgIpc) is 2.83. The van der Waals surface area contributed by atoms with Gasteiger partial charge in [0.05, 0.1) is 0 Å². The van der Waals surface area contributed by atoms with Gasteiger partial charge in [0.1, 0.15) is 6.33 Å². The number of thiol groups is 1. The summed E-state index contributed by atoms with van der Waals surface area (Å²) in [5, 5.41) is 7.12. The summed E-state index contributed by atoms with van der Waals surface area (Å²) in [6.45, 7) is 2.15. The van der Waals surface area contributed by atoms with Crippen LogP contribution in [0.2, 0.25) is 0 Å². The fourth-order valence-corrected chi connectivity index (χ4v) is 1.77. The highest BCUT2D eigenvalue weighted by Gasteiger charge is 2.03. The molecule has 1 unspecified atom stereocenters. The predicted octanol–water partition coefficient (Wildman–Crippen LogP) is 2.72. The van der Waals surface area contributed by atoms with E-state index in [1.807, 2.05) is 0 Å². The van der Waals surface area contributed by atoms with Gasteiger partial charge in [-0.15, -0.1) is 0 Å². The van der Waals surface area contributed by atoms with E-state index in [-0.39, 0.29) is 0 Å². The predicted molar refractivity (Wildman–Crippen MR) is 68.6 cm³/mol. The van der Waals surface area contributed by atoms with Crippen molar-refractivity contribution in [2.45, 2.75) is 25.0 Å². The molecule has 0 radical (unpaired) electrons. The van der Waals surface area contributed by atoms with Gasteiger partial charge in [0.25, 0.3) is 0 Å². The minimum absolute atomic E-state index is 0.441. The van der Waals surface area contributed by atoms with Gasteiger partial charge in [-0.05, 0) is 18.4 Å². The van der Waals surface area contributed by atoms with Gasteiger partial charge in [0.2, 0.25) is 0 Å². The van der Waals surface area contributed by atoms with Gasteiger partial charge in [0.15, 0.2) is 5.82 Å². The summed E-state index contributed by atoms with van der Waals surface area (Å²) in [7, 11) is 0. The molecule has 0 saturated carbocycles. The molecule has 4 heteroatoms. The maximum absolute atomic E-state index is 4.50. The molecule has 0 fully saturated rings. The minimum Gasteiger partial charge on any atom is -0.259 e. The van der Waals surface area contributed by atoms with Crippen LogP contribution in [0.1, 0.15) is 18.9 Å². The van der Waals surface area contributed by atoms with Crippen LogP contribution in [0.15, 0.2) is 30.6 Å². The lowest BCUT2D eigenvalue weighted by atomic mass is 10.1. The smallest absolute Gasteiger partial charge is 0.155 e. The lowest BCUT2D eigenvalue weighted by Crippen LogP contribution is -2.00. The third-order valence-electron chi connectivity index (χ3n) is 2.58. The summed E-state index contributed by atoms with van der Waals surface area (Å²) in [6.07, 6.45) is 3.62. The van der Waals surface area contributed by atoms with Crippen LogP contribution >= 0.6 is 12.6 Å². The number of rotatable bonds is 4. The van der Waals surface area contributed by atoms with Gasteiger partial charge >= 0.3 is 0 Å². The maximum Gasteiger partial charge on any atom is 0.155 e. The number of benzene rings is 1. The number of aromatic amines is 1. The fraction of sp³-hybridized carbons (Fsp3) is 0.333. The van der Waals surface area contributed by atoms with Crippen molar-refractivity contribution in [1.82, 2.24) is 15.2 Å². The Morgan fingerprint density at radius 2 is 2.06 bits per heavy atom. The molecule has 16 heavy (non-hydrogen) atoms. The molecule has 0 aliphatic heterocycles. The Hall–Kier alpha value is -1.29. The van der Waals surface area contributed by atoms with Crippen LogP contribution in [0.5, 0.6) is 0 Å². The van der Waals surface area contributed by atoms with Crippen molar-refractivity contribution >= 4 is 12.6 Å². The Morgan fingerprint density at radius 1 is 1.31 bits per heavy atom. The van der Waals surface area contributed by atoms with Crippen molar-refractivity contribution in [3.05, 3.63) is 36.2 Å². The first-order chi connectivity index (χ1) is 7.79. The lowest BCUT2D eigenvalue weighted by Gasteiger charge is -2.07. The van der Waals surface area contributed by atoms with E-state index in [1.54, 1.807) is 0 Å². The molecule has 1 atom stereocenters. The normalized spacial score (nSPS) is 12.6. The monoisotopic (exact) mass is 233 g/mol. The molecule has 0 aliphatic rings. The van der Waals surface area contributed by atoms with Gasteiger partial charge in [-0.3, -0.25) is 5.10 Å².